The number of likely N-dealkylation sites (N-methyl/N-ethyl adjacent to an activating group) is 1. The van der Waals surface area contributed by atoms with Gasteiger partial charge in [0.1, 0.15) is 5.82 Å². The molecule has 1 aromatic heterocycles. The summed E-state index contributed by atoms with van der Waals surface area (Å²) < 4.78 is 17.2. The summed E-state index contributed by atoms with van der Waals surface area (Å²) in [6.45, 7) is 6.23. The number of nitro benzene ring substituents is 1. The van der Waals surface area contributed by atoms with Crippen LogP contribution in [0.5, 0.6) is 0 Å². The van der Waals surface area contributed by atoms with Crippen LogP contribution in [0.2, 0.25) is 0 Å². The molecule has 1 saturated heterocycles. The molecule has 2 fully saturated rings. The Labute approximate surface area is 207 Å². The van der Waals surface area contributed by atoms with Gasteiger partial charge in [-0.2, -0.15) is 0 Å². The summed E-state index contributed by atoms with van der Waals surface area (Å²) in [7, 11) is 0. The highest BCUT2D eigenvalue weighted by molar-refractivity contribution is 6.08. The van der Waals surface area contributed by atoms with Crippen molar-refractivity contribution < 1.29 is 14.1 Å². The first-order chi connectivity index (χ1) is 17.4. The summed E-state index contributed by atoms with van der Waals surface area (Å²) in [4.78, 5) is 41.0. The molecule has 3 aromatic rings. The summed E-state index contributed by atoms with van der Waals surface area (Å²) in [5, 5.41) is 11.0. The summed E-state index contributed by atoms with van der Waals surface area (Å²) in [5.41, 5.74) is 1.17. The van der Waals surface area contributed by atoms with Crippen molar-refractivity contribution in [2.75, 3.05) is 37.6 Å². The molecular formula is C27H27FN4O4. The number of carbonyl (C=O) groups is 1. The van der Waals surface area contributed by atoms with Gasteiger partial charge >= 0.3 is 0 Å². The lowest BCUT2D eigenvalue weighted by atomic mass is 10.1. The van der Waals surface area contributed by atoms with E-state index < -0.39 is 22.0 Å². The van der Waals surface area contributed by atoms with E-state index >= 15 is 4.39 Å². The molecule has 2 aromatic carbocycles. The Morgan fingerprint density at radius 1 is 1.14 bits per heavy atom. The molecule has 0 spiro atoms. The van der Waals surface area contributed by atoms with Crippen LogP contribution >= 0.6 is 0 Å². The van der Waals surface area contributed by atoms with E-state index in [0.29, 0.717) is 29.9 Å². The van der Waals surface area contributed by atoms with Gasteiger partial charge in [-0.05, 0) is 55.3 Å². The van der Waals surface area contributed by atoms with Gasteiger partial charge in [-0.15, -0.1) is 0 Å². The van der Waals surface area contributed by atoms with E-state index in [1.54, 1.807) is 12.3 Å². The molecule has 0 N–H and O–H groups in total. The van der Waals surface area contributed by atoms with Crippen molar-refractivity contribution in [1.29, 1.82) is 0 Å². The second-order valence-corrected chi connectivity index (χ2v) is 9.30. The van der Waals surface area contributed by atoms with Crippen LogP contribution in [-0.2, 0) is 0 Å². The second-order valence-electron chi connectivity index (χ2n) is 9.30. The highest BCUT2D eigenvalue weighted by atomic mass is 19.1. The Morgan fingerprint density at radius 2 is 1.83 bits per heavy atom. The maximum atomic E-state index is 15.3. The number of nitrogens with zero attached hydrogens (tertiary/aromatic N) is 4. The number of allylic oxidation sites excluding steroid dienone is 1. The van der Waals surface area contributed by atoms with Crippen LogP contribution in [-0.4, -0.2) is 52.9 Å². The van der Waals surface area contributed by atoms with Gasteiger partial charge in [0.05, 0.1) is 21.7 Å². The van der Waals surface area contributed by atoms with E-state index in [1.165, 1.54) is 42.5 Å². The fraction of sp³-hybridized carbons (Fsp3) is 0.333. The molecule has 186 valence electrons. The number of carbonyl (C=O) groups excluding carboxylic acids is 1. The standard InChI is InChI=1S/C27H27FN4O4/c1-2-29-11-13-30(14-12-29)25-16-24-21(15-23(25)28)27(34)22(17-31(24)19-8-9-19)26(33)10-5-18-3-6-20(7-4-18)32(35)36/h3-7,10,15-17,19H,2,8-9,11-14H2,1H3. The van der Waals surface area contributed by atoms with Crippen LogP contribution in [0, 0.1) is 15.9 Å². The summed E-state index contributed by atoms with van der Waals surface area (Å²) >= 11 is 0. The lowest BCUT2D eigenvalue weighted by Gasteiger charge is -2.35. The van der Waals surface area contributed by atoms with Gasteiger partial charge < -0.3 is 14.4 Å². The predicted molar refractivity (Wildman–Crippen MR) is 137 cm³/mol. The average molecular weight is 491 g/mol. The molecule has 1 saturated carbocycles. The number of rotatable bonds is 7. The number of benzene rings is 2. The number of non-ortho nitro benzene ring substituents is 1. The first-order valence-electron chi connectivity index (χ1n) is 12.2. The maximum absolute atomic E-state index is 15.3. The lowest BCUT2D eigenvalue weighted by Crippen LogP contribution is -2.46. The van der Waals surface area contributed by atoms with Crippen LogP contribution in [0.4, 0.5) is 15.8 Å². The van der Waals surface area contributed by atoms with Crippen molar-refractivity contribution in [2.45, 2.75) is 25.8 Å². The second kappa shape index (κ2) is 9.66. The van der Waals surface area contributed by atoms with Gasteiger partial charge in [0.25, 0.3) is 5.69 Å². The molecule has 0 amide bonds. The van der Waals surface area contributed by atoms with Crippen LogP contribution in [0.25, 0.3) is 17.0 Å². The highest BCUT2D eigenvalue weighted by Crippen LogP contribution is 2.38. The molecule has 9 heteroatoms. The Hall–Kier alpha value is -3.85. The van der Waals surface area contributed by atoms with Gasteiger partial charge in [0.2, 0.25) is 5.43 Å². The summed E-state index contributed by atoms with van der Waals surface area (Å²) in [5.74, 6) is -0.951. The van der Waals surface area contributed by atoms with Crippen molar-refractivity contribution >= 4 is 34.1 Å². The van der Waals surface area contributed by atoms with Gasteiger partial charge in [0, 0.05) is 55.9 Å². The number of hydrogen-bond acceptors (Lipinski definition) is 6. The number of piperazine rings is 1. The van der Waals surface area contributed by atoms with Gasteiger partial charge in [0.15, 0.2) is 5.78 Å². The first-order valence-corrected chi connectivity index (χ1v) is 12.2. The SMILES string of the molecule is CCN1CCN(c2cc3c(cc2F)c(=O)c(C(=O)C=Cc2ccc([N+](=O)[O-])cc2)cn3C2CC2)CC1. The number of hydrogen-bond donors (Lipinski definition) is 0. The number of ketones is 1. The van der Waals surface area contributed by atoms with Gasteiger partial charge in [-0.25, -0.2) is 4.39 Å². The Morgan fingerprint density at radius 3 is 2.44 bits per heavy atom. The summed E-state index contributed by atoms with van der Waals surface area (Å²) in [6.07, 6.45) is 6.26. The fourth-order valence-electron chi connectivity index (χ4n) is 4.71. The van der Waals surface area contributed by atoms with Crippen molar-refractivity contribution in [2.24, 2.45) is 0 Å². The van der Waals surface area contributed by atoms with E-state index in [0.717, 1.165) is 32.5 Å². The van der Waals surface area contributed by atoms with E-state index in [4.69, 9.17) is 0 Å². The topological polar surface area (TPSA) is 88.7 Å². The normalized spacial score (nSPS) is 16.7. The minimum absolute atomic E-state index is 0.0173. The van der Waals surface area contributed by atoms with Gasteiger partial charge in [-0.1, -0.05) is 13.0 Å². The minimum Gasteiger partial charge on any atom is -0.367 e. The number of aromatic nitrogens is 1. The third-order valence-corrected chi connectivity index (χ3v) is 7.00. The minimum atomic E-state index is -0.499. The number of fused-ring (bicyclic) bond motifs is 1. The van der Waals surface area contributed by atoms with E-state index in [9.17, 15) is 19.7 Å². The van der Waals surface area contributed by atoms with Crippen molar-refractivity contribution in [3.05, 3.63) is 86.0 Å². The van der Waals surface area contributed by atoms with E-state index in [-0.39, 0.29) is 22.7 Å². The van der Waals surface area contributed by atoms with Crippen LogP contribution in [0.15, 0.2) is 53.5 Å². The van der Waals surface area contributed by atoms with E-state index in [2.05, 4.69) is 11.8 Å². The van der Waals surface area contributed by atoms with Gasteiger partial charge in [-0.3, -0.25) is 19.7 Å². The predicted octanol–water partition coefficient (Wildman–Crippen LogP) is 4.42. The van der Waals surface area contributed by atoms with Crippen LogP contribution < -0.4 is 10.3 Å². The lowest BCUT2D eigenvalue weighted by molar-refractivity contribution is -0.384. The molecule has 36 heavy (non-hydrogen) atoms. The molecule has 1 aliphatic carbocycles. The molecule has 0 atom stereocenters. The van der Waals surface area contributed by atoms with Crippen LogP contribution in [0.3, 0.4) is 0 Å². The zero-order chi connectivity index (χ0) is 25.4. The maximum Gasteiger partial charge on any atom is 0.269 e. The Kier molecular flexibility index (Phi) is 6.40. The number of halogens is 1. The third-order valence-electron chi connectivity index (χ3n) is 7.00. The van der Waals surface area contributed by atoms with E-state index in [1.807, 2.05) is 9.47 Å². The fourth-order valence-corrected chi connectivity index (χ4v) is 4.71. The van der Waals surface area contributed by atoms with Crippen LogP contribution in [0.1, 0.15) is 41.7 Å². The largest absolute Gasteiger partial charge is 0.367 e. The number of nitro groups is 1. The number of pyridine rings is 1. The highest BCUT2D eigenvalue weighted by Gasteiger charge is 2.28. The number of anilines is 1. The Bertz CT molecular complexity index is 1420. The smallest absolute Gasteiger partial charge is 0.269 e. The van der Waals surface area contributed by atoms with Crippen molar-refractivity contribution in [3.8, 4) is 0 Å². The Balaban J connectivity index is 1.49. The summed E-state index contributed by atoms with van der Waals surface area (Å²) in [6, 6.07) is 8.96. The molecule has 0 unspecified atom stereocenters. The monoisotopic (exact) mass is 490 g/mol. The van der Waals surface area contributed by atoms with Crippen molar-refractivity contribution in [3.63, 3.8) is 0 Å². The molecular weight excluding hydrogens is 463 g/mol. The molecule has 2 heterocycles. The quantitative estimate of drug-likeness (QED) is 0.211. The molecule has 0 radical (unpaired) electrons. The molecule has 8 nitrogen and oxygen atoms in total. The molecule has 5 rings (SSSR count). The molecule has 0 bridgehead atoms. The van der Waals surface area contributed by atoms with Crippen molar-refractivity contribution in [1.82, 2.24) is 9.47 Å². The first kappa shape index (κ1) is 23.9. The zero-order valence-electron chi connectivity index (χ0n) is 20.0. The third kappa shape index (κ3) is 4.66. The zero-order valence-corrected chi connectivity index (χ0v) is 20.0. The molecule has 1 aliphatic heterocycles. The molecule has 2 aliphatic rings. The average Bonchev–Trinajstić information content (AvgIpc) is 3.73.